The summed E-state index contributed by atoms with van der Waals surface area (Å²) in [6, 6.07) is 13.3. The summed E-state index contributed by atoms with van der Waals surface area (Å²) in [4.78, 5) is 59.6. The molecule has 3 aromatic rings. The largest absolute Gasteiger partial charge is 0.324 e. The molecular weight excluding hydrogens is 464 g/mol. The molecule has 2 aliphatic heterocycles. The molecule has 0 bridgehead atoms. The zero-order valence-electron chi connectivity index (χ0n) is 19.1. The number of benzene rings is 2. The van der Waals surface area contributed by atoms with Crippen molar-refractivity contribution >= 4 is 40.5 Å². The highest BCUT2D eigenvalue weighted by Crippen LogP contribution is 2.39. The molecule has 36 heavy (non-hydrogen) atoms. The number of nitrogens with one attached hydrogen (secondary N) is 2. The molecule has 0 saturated heterocycles. The number of aromatic nitrogens is 1. The smallest absolute Gasteiger partial charge is 0.272 e. The lowest BCUT2D eigenvalue weighted by atomic mass is 9.97. The fourth-order valence-corrected chi connectivity index (χ4v) is 4.44. The van der Waals surface area contributed by atoms with Gasteiger partial charge in [-0.05, 0) is 18.1 Å². The van der Waals surface area contributed by atoms with Gasteiger partial charge in [-0.25, -0.2) is 4.99 Å². The highest BCUT2D eigenvalue weighted by molar-refractivity contribution is 6.21. The van der Waals surface area contributed by atoms with Gasteiger partial charge >= 0.3 is 0 Å². The summed E-state index contributed by atoms with van der Waals surface area (Å²) >= 11 is 0. The van der Waals surface area contributed by atoms with Gasteiger partial charge in [-0.2, -0.15) is 0 Å². The number of nitrogens with zero attached hydrogens (tertiary/aromatic N) is 4. The first-order valence-corrected chi connectivity index (χ1v) is 11.1. The third-order valence-corrected chi connectivity index (χ3v) is 5.96. The minimum Gasteiger partial charge on any atom is -0.324 e. The van der Waals surface area contributed by atoms with Gasteiger partial charge in [-0.15, -0.1) is 0 Å². The molecular formula is C25H20N6O5. The minimum atomic E-state index is -1.30. The van der Waals surface area contributed by atoms with Gasteiger partial charge in [0.2, 0.25) is 12.1 Å². The summed E-state index contributed by atoms with van der Waals surface area (Å²) in [7, 11) is 0. The van der Waals surface area contributed by atoms with Crippen molar-refractivity contribution in [3.8, 4) is 0 Å². The molecule has 180 valence electrons. The summed E-state index contributed by atoms with van der Waals surface area (Å²) in [6.45, 7) is 1.61. The Hall–Kier alpha value is -4.93. The maximum atomic E-state index is 13.6. The number of hydrogen-bond donors (Lipinski definition) is 2. The lowest BCUT2D eigenvalue weighted by molar-refractivity contribution is -0.384. The Labute approximate surface area is 205 Å². The molecule has 2 N–H and O–H groups in total. The van der Waals surface area contributed by atoms with E-state index in [-0.39, 0.29) is 22.8 Å². The summed E-state index contributed by atoms with van der Waals surface area (Å²) in [5.74, 6) is -1.47. The monoisotopic (exact) mass is 484 g/mol. The lowest BCUT2D eigenvalue weighted by Crippen LogP contribution is -2.47. The van der Waals surface area contributed by atoms with E-state index in [0.29, 0.717) is 41.1 Å². The third kappa shape index (κ3) is 4.06. The van der Waals surface area contributed by atoms with Gasteiger partial charge in [0.15, 0.2) is 0 Å². The second kappa shape index (κ2) is 9.02. The molecule has 0 aliphatic carbocycles. The summed E-state index contributed by atoms with van der Waals surface area (Å²) in [5, 5.41) is 16.8. The second-order valence-electron chi connectivity index (χ2n) is 8.32. The summed E-state index contributed by atoms with van der Waals surface area (Å²) < 4.78 is 0. The van der Waals surface area contributed by atoms with E-state index < -0.39 is 22.9 Å². The predicted molar refractivity (Wildman–Crippen MR) is 131 cm³/mol. The van der Waals surface area contributed by atoms with Crippen LogP contribution in [0.3, 0.4) is 0 Å². The van der Waals surface area contributed by atoms with Gasteiger partial charge in [0.1, 0.15) is 0 Å². The van der Waals surface area contributed by atoms with E-state index >= 15 is 0 Å². The molecule has 3 amide bonds. The van der Waals surface area contributed by atoms with Crippen LogP contribution in [-0.2, 0) is 16.0 Å². The van der Waals surface area contributed by atoms with Crippen LogP contribution in [0.25, 0.3) is 0 Å². The maximum absolute atomic E-state index is 13.6. The van der Waals surface area contributed by atoms with E-state index in [1.807, 2.05) is 6.07 Å². The fourth-order valence-electron chi connectivity index (χ4n) is 4.44. The second-order valence-corrected chi connectivity index (χ2v) is 8.32. The van der Waals surface area contributed by atoms with Crippen molar-refractivity contribution in [2.45, 2.75) is 19.5 Å². The highest BCUT2D eigenvalue weighted by atomic mass is 16.6. The molecule has 0 saturated carbocycles. The van der Waals surface area contributed by atoms with Crippen LogP contribution in [0.5, 0.6) is 0 Å². The average Bonchev–Trinajstić information content (AvgIpc) is 3.25. The number of non-ortho nitro benzene ring substituents is 1. The number of hydrogen-bond acceptors (Lipinski definition) is 7. The van der Waals surface area contributed by atoms with Crippen LogP contribution in [0.15, 0.2) is 65.9 Å². The molecule has 0 fully saturated rings. The van der Waals surface area contributed by atoms with E-state index in [9.17, 15) is 24.5 Å². The van der Waals surface area contributed by atoms with Crippen LogP contribution in [0, 0.1) is 10.1 Å². The number of pyridine rings is 1. The normalized spacial score (nSPS) is 16.0. The third-order valence-electron chi connectivity index (χ3n) is 5.96. The lowest BCUT2D eigenvalue weighted by Gasteiger charge is -2.21. The Kier molecular flexibility index (Phi) is 5.72. The number of amides is 3. The minimum absolute atomic E-state index is 0.0964. The first kappa shape index (κ1) is 22.8. The Balaban J connectivity index is 1.62. The van der Waals surface area contributed by atoms with Crippen molar-refractivity contribution in [3.63, 3.8) is 0 Å². The molecule has 0 radical (unpaired) electrons. The van der Waals surface area contributed by atoms with Crippen molar-refractivity contribution in [2.24, 2.45) is 4.99 Å². The number of rotatable bonds is 5. The number of nitro groups is 1. The number of nitro benzene ring substituents is 1. The van der Waals surface area contributed by atoms with E-state index in [4.69, 9.17) is 0 Å². The fraction of sp³-hybridized carbons (Fsp3) is 0.160. The van der Waals surface area contributed by atoms with Crippen LogP contribution in [0.2, 0.25) is 0 Å². The standard InChI is InChI=1S/C25H20N6O5/c1-14(32)27-20-13-26-9-7-18(20)24(33)29-23-25(34)30-10-8-16-11-17(31(35)36)12-19(22(16)30)21(28-23)15-5-3-2-4-6-15/h2-7,9,11-13,23H,8,10H2,1H3,(H,27,32)(H,29,33)/t23-/m0/s1. The Morgan fingerprint density at radius 3 is 2.67 bits per heavy atom. The molecule has 5 rings (SSSR count). The van der Waals surface area contributed by atoms with Crippen LogP contribution < -0.4 is 15.5 Å². The Bertz CT molecular complexity index is 1450. The maximum Gasteiger partial charge on any atom is 0.272 e. The molecule has 11 nitrogen and oxygen atoms in total. The predicted octanol–water partition coefficient (Wildman–Crippen LogP) is 2.44. The first-order chi connectivity index (χ1) is 17.3. The molecule has 0 unspecified atom stereocenters. The SMILES string of the molecule is CC(=O)Nc1cnccc1C(=O)N[C@@H]1N=C(c2ccccc2)c2cc([N+](=O)[O-])cc3c2N(CC3)C1=O. The number of aliphatic imine (C=N–C) groups is 1. The van der Waals surface area contributed by atoms with Crippen LogP contribution in [0.1, 0.15) is 34.0 Å². The highest BCUT2D eigenvalue weighted by Gasteiger charge is 2.38. The molecule has 0 spiro atoms. The van der Waals surface area contributed by atoms with Crippen LogP contribution in [-0.4, -0.2) is 46.1 Å². The zero-order valence-corrected chi connectivity index (χ0v) is 19.1. The van der Waals surface area contributed by atoms with Crippen LogP contribution >= 0.6 is 0 Å². The molecule has 1 aromatic heterocycles. The van der Waals surface area contributed by atoms with Gasteiger partial charge in [-0.1, -0.05) is 30.3 Å². The van der Waals surface area contributed by atoms with Gasteiger partial charge in [0.25, 0.3) is 17.5 Å². The van der Waals surface area contributed by atoms with Crippen molar-refractivity contribution in [1.82, 2.24) is 10.3 Å². The molecule has 3 heterocycles. The van der Waals surface area contributed by atoms with E-state index in [0.717, 1.165) is 0 Å². The van der Waals surface area contributed by atoms with Crippen molar-refractivity contribution in [3.05, 3.63) is 93.3 Å². The van der Waals surface area contributed by atoms with E-state index in [1.54, 1.807) is 24.3 Å². The quantitative estimate of drug-likeness (QED) is 0.420. The first-order valence-electron chi connectivity index (χ1n) is 11.1. The van der Waals surface area contributed by atoms with E-state index in [1.165, 1.54) is 42.4 Å². The number of carbonyl (C=O) groups is 3. The molecule has 2 aromatic carbocycles. The van der Waals surface area contributed by atoms with Crippen LogP contribution in [0.4, 0.5) is 17.1 Å². The summed E-state index contributed by atoms with van der Waals surface area (Å²) in [6.07, 6.45) is 1.87. The van der Waals surface area contributed by atoms with E-state index in [2.05, 4.69) is 20.6 Å². The number of carbonyl (C=O) groups excluding carboxylic acids is 3. The topological polar surface area (TPSA) is 147 Å². The van der Waals surface area contributed by atoms with Crippen molar-refractivity contribution in [1.29, 1.82) is 0 Å². The van der Waals surface area contributed by atoms with Gasteiger partial charge in [0.05, 0.1) is 33.8 Å². The molecule has 11 heteroatoms. The Morgan fingerprint density at radius 1 is 1.17 bits per heavy atom. The molecule has 2 aliphatic rings. The van der Waals surface area contributed by atoms with Gasteiger partial charge in [-0.3, -0.25) is 29.5 Å². The number of anilines is 2. The molecule has 1 atom stereocenters. The van der Waals surface area contributed by atoms with Crippen molar-refractivity contribution < 1.29 is 19.3 Å². The van der Waals surface area contributed by atoms with Crippen molar-refractivity contribution in [2.75, 3.05) is 16.8 Å². The van der Waals surface area contributed by atoms with Gasteiger partial charge in [0, 0.05) is 42.9 Å². The average molecular weight is 484 g/mol. The zero-order chi connectivity index (χ0) is 25.4. The van der Waals surface area contributed by atoms with Gasteiger partial charge < -0.3 is 15.5 Å². The Morgan fingerprint density at radius 2 is 1.94 bits per heavy atom. The summed E-state index contributed by atoms with van der Waals surface area (Å²) in [5.41, 5.74) is 2.90.